The quantitative estimate of drug-likeness (QED) is 0.713. The number of benzene rings is 2. The number of rotatable bonds is 7. The van der Waals surface area contributed by atoms with Gasteiger partial charge in [0.05, 0.1) is 17.3 Å². The van der Waals surface area contributed by atoms with E-state index in [9.17, 15) is 13.2 Å². The molecule has 0 saturated carbocycles. The van der Waals surface area contributed by atoms with Crippen LogP contribution in [0, 0.1) is 12.8 Å². The van der Waals surface area contributed by atoms with Crippen LogP contribution in [-0.4, -0.2) is 44.7 Å². The molecule has 0 bridgehead atoms. The minimum Gasteiger partial charge on any atom is -0.493 e. The van der Waals surface area contributed by atoms with Gasteiger partial charge in [0.1, 0.15) is 5.75 Å². The number of carbonyl (C=O) groups excluding carboxylic acids is 1. The first kappa shape index (κ1) is 20.4. The largest absolute Gasteiger partial charge is 0.493 e. The van der Waals surface area contributed by atoms with Gasteiger partial charge in [-0.3, -0.25) is 4.79 Å². The number of para-hydroxylation sites is 1. The van der Waals surface area contributed by atoms with Gasteiger partial charge in [-0.2, -0.15) is 0 Å². The number of hydrogen-bond acceptors (Lipinski definition) is 4. The van der Waals surface area contributed by atoms with E-state index in [1.165, 1.54) is 0 Å². The molecule has 1 atom stereocenters. The maximum Gasteiger partial charge on any atom is 0.223 e. The highest BCUT2D eigenvalue weighted by Crippen LogP contribution is 2.20. The summed E-state index contributed by atoms with van der Waals surface area (Å²) >= 11 is 0. The lowest BCUT2D eigenvalue weighted by Gasteiger charge is -2.32. The average molecular weight is 402 g/mol. The van der Waals surface area contributed by atoms with Crippen molar-refractivity contribution in [3.63, 3.8) is 0 Å². The van der Waals surface area contributed by atoms with Crippen LogP contribution in [0.3, 0.4) is 0 Å². The topological polar surface area (TPSA) is 63.7 Å². The second-order valence-corrected chi connectivity index (χ2v) is 9.46. The van der Waals surface area contributed by atoms with E-state index < -0.39 is 9.84 Å². The highest BCUT2D eigenvalue weighted by molar-refractivity contribution is 7.91. The number of amides is 1. The molecule has 1 heterocycles. The molecule has 1 saturated heterocycles. The summed E-state index contributed by atoms with van der Waals surface area (Å²) in [6, 6.07) is 16.4. The summed E-state index contributed by atoms with van der Waals surface area (Å²) in [5.41, 5.74) is 1.01. The van der Waals surface area contributed by atoms with Gasteiger partial charge in [0.15, 0.2) is 9.84 Å². The average Bonchev–Trinajstić information content (AvgIpc) is 2.72. The molecule has 6 heteroatoms. The minimum absolute atomic E-state index is 0.0163. The molecule has 0 spiro atoms. The number of aryl methyl sites for hydroxylation is 1. The molecule has 1 aliphatic rings. The van der Waals surface area contributed by atoms with E-state index in [-0.39, 0.29) is 28.9 Å². The number of hydrogen-bond donors (Lipinski definition) is 0. The molecule has 28 heavy (non-hydrogen) atoms. The van der Waals surface area contributed by atoms with Crippen LogP contribution >= 0.6 is 0 Å². The minimum atomic E-state index is -3.44. The number of carbonyl (C=O) groups is 1. The van der Waals surface area contributed by atoms with Crippen LogP contribution in [0.15, 0.2) is 59.5 Å². The van der Waals surface area contributed by atoms with Gasteiger partial charge in [0.2, 0.25) is 5.91 Å². The molecule has 1 unspecified atom stereocenters. The maximum absolute atomic E-state index is 12.6. The van der Waals surface area contributed by atoms with E-state index >= 15 is 0 Å². The van der Waals surface area contributed by atoms with Gasteiger partial charge in [-0.1, -0.05) is 35.9 Å². The van der Waals surface area contributed by atoms with Crippen molar-refractivity contribution in [3.8, 4) is 5.75 Å². The Kier molecular flexibility index (Phi) is 6.73. The molecular weight excluding hydrogens is 374 g/mol. The monoisotopic (exact) mass is 401 g/mol. The summed E-state index contributed by atoms with van der Waals surface area (Å²) in [6.07, 6.45) is 1.94. The summed E-state index contributed by atoms with van der Waals surface area (Å²) in [4.78, 5) is 14.6. The zero-order chi connectivity index (χ0) is 20.0. The highest BCUT2D eigenvalue weighted by atomic mass is 32.2. The lowest BCUT2D eigenvalue weighted by Crippen LogP contribution is -2.42. The Bertz CT molecular complexity index is 879. The second-order valence-electron chi connectivity index (χ2n) is 7.35. The normalized spacial score (nSPS) is 17.3. The van der Waals surface area contributed by atoms with Crippen LogP contribution in [0.2, 0.25) is 0 Å². The smallest absolute Gasteiger partial charge is 0.223 e. The molecule has 1 amide bonds. The van der Waals surface area contributed by atoms with Crippen molar-refractivity contribution in [1.82, 2.24) is 4.90 Å². The predicted molar refractivity (Wildman–Crippen MR) is 109 cm³/mol. The molecule has 5 nitrogen and oxygen atoms in total. The standard InChI is InChI=1S/C22H27NO4S/c1-18-9-11-21(12-10-18)28(25,26)15-13-22(24)23-14-5-6-19(16-23)17-27-20-7-3-2-4-8-20/h2-4,7-12,19H,5-6,13-17H2,1H3. The molecule has 0 radical (unpaired) electrons. The van der Waals surface area contributed by atoms with Crippen LogP contribution in [0.5, 0.6) is 5.75 Å². The molecule has 3 rings (SSSR count). The first-order valence-electron chi connectivity index (χ1n) is 9.69. The van der Waals surface area contributed by atoms with E-state index in [4.69, 9.17) is 4.74 Å². The molecule has 1 aliphatic heterocycles. The lowest BCUT2D eigenvalue weighted by atomic mass is 9.99. The molecule has 2 aromatic rings. The molecule has 2 aromatic carbocycles. The number of nitrogens with zero attached hydrogens (tertiary/aromatic N) is 1. The molecular formula is C22H27NO4S. The third kappa shape index (κ3) is 5.58. The van der Waals surface area contributed by atoms with Gasteiger partial charge < -0.3 is 9.64 Å². The number of ether oxygens (including phenoxy) is 1. The number of likely N-dealkylation sites (tertiary alicyclic amines) is 1. The van der Waals surface area contributed by atoms with Crippen LogP contribution < -0.4 is 4.74 Å². The summed E-state index contributed by atoms with van der Waals surface area (Å²) < 4.78 is 30.7. The molecule has 0 aliphatic carbocycles. The van der Waals surface area contributed by atoms with Crippen molar-refractivity contribution in [2.45, 2.75) is 31.1 Å². The van der Waals surface area contributed by atoms with Crippen molar-refractivity contribution >= 4 is 15.7 Å². The number of piperidine rings is 1. The van der Waals surface area contributed by atoms with Crippen LogP contribution in [0.25, 0.3) is 0 Å². The predicted octanol–water partition coefficient (Wildman–Crippen LogP) is 3.48. The summed E-state index contributed by atoms with van der Waals surface area (Å²) in [5, 5.41) is 0. The van der Waals surface area contributed by atoms with Crippen LogP contribution in [0.4, 0.5) is 0 Å². The Balaban J connectivity index is 1.50. The van der Waals surface area contributed by atoms with E-state index in [2.05, 4.69) is 0 Å². The summed E-state index contributed by atoms with van der Waals surface area (Å²) in [6.45, 7) is 3.78. The van der Waals surface area contributed by atoms with Crippen LogP contribution in [-0.2, 0) is 14.6 Å². The zero-order valence-electron chi connectivity index (χ0n) is 16.2. The molecule has 150 valence electrons. The Morgan fingerprint density at radius 2 is 1.82 bits per heavy atom. The van der Waals surface area contributed by atoms with E-state index in [0.717, 1.165) is 24.2 Å². The van der Waals surface area contributed by atoms with E-state index in [1.54, 1.807) is 29.2 Å². The summed E-state index contributed by atoms with van der Waals surface area (Å²) in [5.74, 6) is 0.846. The van der Waals surface area contributed by atoms with Gasteiger partial charge in [-0.25, -0.2) is 8.42 Å². The maximum atomic E-state index is 12.6. The molecule has 0 N–H and O–H groups in total. The SMILES string of the molecule is Cc1ccc(S(=O)(=O)CCC(=O)N2CCCC(COc3ccccc3)C2)cc1. The highest BCUT2D eigenvalue weighted by Gasteiger charge is 2.25. The molecule has 1 fully saturated rings. The Morgan fingerprint density at radius 1 is 1.11 bits per heavy atom. The lowest BCUT2D eigenvalue weighted by molar-refractivity contribution is -0.132. The van der Waals surface area contributed by atoms with Crippen molar-refractivity contribution in [2.24, 2.45) is 5.92 Å². The Labute approximate surface area is 167 Å². The van der Waals surface area contributed by atoms with Gasteiger partial charge >= 0.3 is 0 Å². The first-order valence-corrected chi connectivity index (χ1v) is 11.3. The fourth-order valence-corrected chi connectivity index (χ4v) is 4.63. The van der Waals surface area contributed by atoms with Gasteiger partial charge in [0, 0.05) is 25.4 Å². The van der Waals surface area contributed by atoms with Gasteiger partial charge in [0.25, 0.3) is 0 Å². The third-order valence-corrected chi connectivity index (χ3v) is 6.80. The van der Waals surface area contributed by atoms with Crippen molar-refractivity contribution < 1.29 is 17.9 Å². The molecule has 0 aromatic heterocycles. The fourth-order valence-electron chi connectivity index (χ4n) is 3.40. The van der Waals surface area contributed by atoms with E-state index in [0.29, 0.717) is 19.7 Å². The van der Waals surface area contributed by atoms with Crippen molar-refractivity contribution in [1.29, 1.82) is 0 Å². The van der Waals surface area contributed by atoms with Gasteiger partial charge in [-0.05, 0) is 44.0 Å². The fraction of sp³-hybridized carbons (Fsp3) is 0.409. The third-order valence-electron chi connectivity index (χ3n) is 5.07. The zero-order valence-corrected chi connectivity index (χ0v) is 17.0. The first-order chi connectivity index (χ1) is 13.4. The second kappa shape index (κ2) is 9.24. The van der Waals surface area contributed by atoms with Crippen molar-refractivity contribution in [3.05, 3.63) is 60.2 Å². The van der Waals surface area contributed by atoms with Crippen LogP contribution in [0.1, 0.15) is 24.8 Å². The number of sulfone groups is 1. The summed E-state index contributed by atoms with van der Waals surface area (Å²) in [7, 11) is -3.44. The Hall–Kier alpha value is -2.34. The van der Waals surface area contributed by atoms with E-state index in [1.807, 2.05) is 37.3 Å². The van der Waals surface area contributed by atoms with Crippen molar-refractivity contribution in [2.75, 3.05) is 25.4 Å². The Morgan fingerprint density at radius 3 is 2.54 bits per heavy atom. The van der Waals surface area contributed by atoms with Gasteiger partial charge in [-0.15, -0.1) is 0 Å².